The quantitative estimate of drug-likeness (QED) is 0.147. The SMILES string of the molecule is CC1CCCC2(C)c3cc(-c4cc(-c5ccccc5)c5ccc6c(-c7ccc8c(c7)C7(C)CCCC(C)C7(C)N8c7ccccc7)cc(-c7ccc8c(c7)C7(C)CCCC(C)C7(C)N8c7ccccc7)c7ccc4c5c67)ccc3N(c3ccccc3)C12C. The van der Waals surface area contributed by atoms with Crippen molar-refractivity contribution in [3.63, 3.8) is 0 Å². The minimum atomic E-state index is -0.0897. The lowest BCUT2D eigenvalue weighted by atomic mass is 9.57. The minimum absolute atomic E-state index is 0.0436. The summed E-state index contributed by atoms with van der Waals surface area (Å²) in [7, 11) is 0. The number of para-hydroxylation sites is 3. The summed E-state index contributed by atoms with van der Waals surface area (Å²) in [5.41, 5.74) is 22.4. The second kappa shape index (κ2) is 18.9. The topological polar surface area (TPSA) is 9.72 Å². The largest absolute Gasteiger partial charge is 0.334 e. The zero-order chi connectivity index (χ0) is 59.9. The van der Waals surface area contributed by atoms with Gasteiger partial charge in [-0.3, -0.25) is 0 Å². The van der Waals surface area contributed by atoms with Crippen molar-refractivity contribution < 1.29 is 0 Å². The Balaban J connectivity index is 0.946. The van der Waals surface area contributed by atoms with Gasteiger partial charge in [-0.1, -0.05) is 188 Å². The molecule has 88 heavy (non-hydrogen) atoms. The first-order valence-electron chi connectivity index (χ1n) is 33.5. The highest BCUT2D eigenvalue weighted by molar-refractivity contribution is 6.32. The van der Waals surface area contributed by atoms with Gasteiger partial charge >= 0.3 is 0 Å². The van der Waals surface area contributed by atoms with Crippen LogP contribution in [0.4, 0.5) is 34.1 Å². The molecule has 3 nitrogen and oxygen atoms in total. The van der Waals surface area contributed by atoms with E-state index >= 15 is 0 Å². The highest BCUT2D eigenvalue weighted by Gasteiger charge is 2.63. The summed E-state index contributed by atoms with van der Waals surface area (Å²) in [6, 6.07) is 83.2. The Morgan fingerprint density at radius 2 is 0.568 bits per heavy atom. The van der Waals surface area contributed by atoms with Crippen LogP contribution in [0.1, 0.15) is 137 Å². The van der Waals surface area contributed by atoms with Gasteiger partial charge in [-0.2, -0.15) is 0 Å². The van der Waals surface area contributed by atoms with Gasteiger partial charge in [-0.05, 0) is 255 Å². The maximum Gasteiger partial charge on any atom is 0.0543 e. The van der Waals surface area contributed by atoms with Crippen molar-refractivity contribution in [2.45, 2.75) is 153 Å². The van der Waals surface area contributed by atoms with E-state index in [4.69, 9.17) is 0 Å². The molecule has 9 atom stereocenters. The summed E-state index contributed by atoms with van der Waals surface area (Å²) in [5.74, 6) is 1.54. The molecular formula is C85H83N3. The molecule has 9 unspecified atom stereocenters. The molecule has 0 N–H and O–H groups in total. The zero-order valence-electron chi connectivity index (χ0n) is 53.1. The lowest BCUT2D eigenvalue weighted by Crippen LogP contribution is -2.59. The number of nitrogens with zero attached hydrogens (tertiary/aromatic N) is 3. The molecule has 3 fully saturated rings. The normalized spacial score (nSPS) is 28.6. The molecule has 0 radical (unpaired) electrons. The van der Waals surface area contributed by atoms with Gasteiger partial charge in [0.05, 0.1) is 16.6 Å². The second-order valence-electron chi connectivity index (χ2n) is 29.4. The van der Waals surface area contributed by atoms with E-state index in [0.29, 0.717) is 17.8 Å². The number of anilines is 6. The van der Waals surface area contributed by atoms with E-state index in [-0.39, 0.29) is 32.9 Å². The minimum Gasteiger partial charge on any atom is -0.334 e. The molecule has 0 spiro atoms. The van der Waals surface area contributed by atoms with Crippen LogP contribution in [0.15, 0.2) is 212 Å². The van der Waals surface area contributed by atoms with Gasteiger partial charge in [0.15, 0.2) is 0 Å². The highest BCUT2D eigenvalue weighted by atomic mass is 15.3. The molecule has 3 heteroatoms. The molecule has 3 heterocycles. The average Bonchev–Trinajstić information content (AvgIpc) is 1.48. The van der Waals surface area contributed by atoms with Gasteiger partial charge < -0.3 is 14.7 Å². The van der Waals surface area contributed by atoms with Crippen LogP contribution in [0.3, 0.4) is 0 Å². The van der Waals surface area contributed by atoms with Crippen molar-refractivity contribution in [1.82, 2.24) is 0 Å². The Kier molecular flexibility index (Phi) is 11.6. The molecule has 3 aliphatic heterocycles. The zero-order valence-corrected chi connectivity index (χ0v) is 53.1. The predicted molar refractivity (Wildman–Crippen MR) is 374 cm³/mol. The lowest BCUT2D eigenvalue weighted by molar-refractivity contribution is 0.130. The van der Waals surface area contributed by atoms with Crippen LogP contribution in [0.2, 0.25) is 0 Å². The molecule has 11 aromatic carbocycles. The van der Waals surface area contributed by atoms with E-state index in [1.165, 1.54) is 173 Å². The van der Waals surface area contributed by atoms with Gasteiger partial charge in [0.2, 0.25) is 0 Å². The third kappa shape index (κ3) is 6.86. The standard InChI is InChI=1S/C85H83N3/c1-54-25-22-46-80(4)72-49-58(36-43-75(72)86(83(54,80)7)61-30-16-11-17-31-61)69-52-68(57-28-14-10-15-29-57)64-39-40-66-70(59-37-44-76-73(50-59)81(5)47-23-26-55(2)84(81,8)87(76)62-32-18-12-19-33-62)53-71(67-42-41-65(69)78(64)79(66)67)60-38-45-77-74(51-60)82(6)48-24-27-56(3)85(82,9)88(77)63-34-20-13-21-35-63/h10-21,28-45,49-56H,22-27,46-48H2,1-9H3. The van der Waals surface area contributed by atoms with Crippen molar-refractivity contribution in [2.24, 2.45) is 17.8 Å². The fourth-order valence-corrected chi connectivity index (χ4v) is 20.4. The van der Waals surface area contributed by atoms with E-state index in [1.54, 1.807) is 0 Å². The van der Waals surface area contributed by atoms with Gasteiger partial charge in [0.1, 0.15) is 0 Å². The molecule has 11 aromatic rings. The Morgan fingerprint density at radius 1 is 0.295 bits per heavy atom. The monoisotopic (exact) mass is 1150 g/mol. The van der Waals surface area contributed by atoms with Gasteiger partial charge in [0.25, 0.3) is 0 Å². The predicted octanol–water partition coefficient (Wildman–Crippen LogP) is 23.2. The second-order valence-corrected chi connectivity index (χ2v) is 29.4. The summed E-state index contributed by atoms with van der Waals surface area (Å²) in [6.45, 7) is 23.1. The van der Waals surface area contributed by atoms with Gasteiger partial charge in [-0.25, -0.2) is 0 Å². The number of hydrogen-bond donors (Lipinski definition) is 0. The van der Waals surface area contributed by atoms with Crippen LogP contribution in [0.5, 0.6) is 0 Å². The van der Waals surface area contributed by atoms with Crippen molar-refractivity contribution in [2.75, 3.05) is 14.7 Å². The first kappa shape index (κ1) is 54.0. The Hall–Kier alpha value is -8.14. The highest BCUT2D eigenvalue weighted by Crippen LogP contribution is 2.67. The van der Waals surface area contributed by atoms with Gasteiger partial charge in [-0.15, -0.1) is 0 Å². The fraction of sp³-hybridized carbons (Fsp3) is 0.318. The number of benzene rings is 11. The summed E-state index contributed by atoms with van der Waals surface area (Å²) >= 11 is 0. The molecule has 0 amide bonds. The molecule has 3 aliphatic carbocycles. The van der Waals surface area contributed by atoms with Crippen LogP contribution >= 0.6 is 0 Å². The third-order valence-corrected chi connectivity index (χ3v) is 26.0. The van der Waals surface area contributed by atoms with Crippen molar-refractivity contribution >= 4 is 66.4 Å². The Bertz CT molecular complexity index is 4460. The van der Waals surface area contributed by atoms with E-state index < -0.39 is 0 Å². The molecule has 0 bridgehead atoms. The van der Waals surface area contributed by atoms with Crippen LogP contribution < -0.4 is 14.7 Å². The van der Waals surface area contributed by atoms with E-state index in [1.807, 2.05) is 0 Å². The van der Waals surface area contributed by atoms with E-state index in [9.17, 15) is 0 Å². The molecule has 3 saturated carbocycles. The van der Waals surface area contributed by atoms with Crippen molar-refractivity contribution in [1.29, 1.82) is 0 Å². The number of rotatable bonds is 7. The lowest BCUT2D eigenvalue weighted by Gasteiger charge is -2.54. The average molecular weight is 1150 g/mol. The molecule has 0 saturated heterocycles. The number of fused-ring (bicyclic) bond motifs is 9. The van der Waals surface area contributed by atoms with Crippen LogP contribution in [-0.2, 0) is 16.2 Å². The van der Waals surface area contributed by atoms with E-state index in [2.05, 4.69) is 289 Å². The van der Waals surface area contributed by atoms with Crippen LogP contribution in [0, 0.1) is 17.8 Å². The maximum atomic E-state index is 2.75. The van der Waals surface area contributed by atoms with E-state index in [0.717, 1.165) is 12.8 Å². The molecule has 438 valence electrons. The molecule has 0 aromatic heterocycles. The molecular weight excluding hydrogens is 1060 g/mol. The first-order valence-corrected chi connectivity index (χ1v) is 33.5. The van der Waals surface area contributed by atoms with Gasteiger partial charge in [0, 0.05) is 50.4 Å². The number of hydrogen-bond acceptors (Lipinski definition) is 3. The van der Waals surface area contributed by atoms with Crippen LogP contribution in [0.25, 0.3) is 76.8 Å². The summed E-state index contributed by atoms with van der Waals surface area (Å²) in [6.07, 6.45) is 10.9. The van der Waals surface area contributed by atoms with Crippen molar-refractivity contribution in [3.05, 3.63) is 229 Å². The summed E-state index contributed by atoms with van der Waals surface area (Å²) < 4.78 is 0. The Morgan fingerprint density at radius 3 is 0.864 bits per heavy atom. The smallest absolute Gasteiger partial charge is 0.0543 e. The third-order valence-electron chi connectivity index (χ3n) is 26.0. The maximum absolute atomic E-state index is 2.75. The molecule has 17 rings (SSSR count). The Labute approximate surface area is 522 Å². The molecule has 6 aliphatic rings. The summed E-state index contributed by atoms with van der Waals surface area (Å²) in [4.78, 5) is 8.23. The fourth-order valence-electron chi connectivity index (χ4n) is 20.4. The van der Waals surface area contributed by atoms with Crippen LogP contribution in [-0.4, -0.2) is 16.6 Å². The summed E-state index contributed by atoms with van der Waals surface area (Å²) in [5, 5.41) is 7.98. The first-order chi connectivity index (χ1) is 42.6. The van der Waals surface area contributed by atoms with Crippen molar-refractivity contribution in [3.8, 4) is 44.5 Å².